The summed E-state index contributed by atoms with van der Waals surface area (Å²) < 4.78 is 51.8. The third-order valence-electron chi connectivity index (χ3n) is 2.90. The number of urea groups is 1. The minimum atomic E-state index is -4.64. The molecule has 0 spiro atoms. The second kappa shape index (κ2) is 6.45. The van der Waals surface area contributed by atoms with Crippen molar-refractivity contribution in [3.05, 3.63) is 58.4 Å². The molecular formula is C15H11ClF4N2O. The van der Waals surface area contributed by atoms with Gasteiger partial charge in [0, 0.05) is 5.69 Å². The van der Waals surface area contributed by atoms with Crippen LogP contribution >= 0.6 is 11.6 Å². The largest absolute Gasteiger partial charge is 0.417 e. The number of rotatable bonds is 2. The Kier molecular flexibility index (Phi) is 4.79. The Morgan fingerprint density at radius 1 is 1.09 bits per heavy atom. The minimum Gasteiger partial charge on any atom is -0.308 e. The Balaban J connectivity index is 2.14. The second-order valence-corrected chi connectivity index (χ2v) is 5.16. The highest BCUT2D eigenvalue weighted by molar-refractivity contribution is 6.31. The van der Waals surface area contributed by atoms with Gasteiger partial charge < -0.3 is 10.6 Å². The van der Waals surface area contributed by atoms with E-state index in [0.29, 0.717) is 11.6 Å². The lowest BCUT2D eigenvalue weighted by Crippen LogP contribution is -2.20. The lowest BCUT2D eigenvalue weighted by molar-refractivity contribution is -0.137. The molecule has 2 rings (SSSR count). The van der Waals surface area contributed by atoms with Crippen molar-refractivity contribution < 1.29 is 22.4 Å². The van der Waals surface area contributed by atoms with Crippen molar-refractivity contribution in [2.75, 3.05) is 10.6 Å². The summed E-state index contributed by atoms with van der Waals surface area (Å²) >= 11 is 5.48. The molecule has 0 aromatic heterocycles. The monoisotopic (exact) mass is 346 g/mol. The van der Waals surface area contributed by atoms with Gasteiger partial charge in [0.05, 0.1) is 16.3 Å². The number of carbonyl (C=O) groups excluding carboxylic acids is 1. The van der Waals surface area contributed by atoms with Crippen LogP contribution in [0.15, 0.2) is 36.4 Å². The van der Waals surface area contributed by atoms with E-state index in [4.69, 9.17) is 11.6 Å². The van der Waals surface area contributed by atoms with Crippen LogP contribution in [-0.2, 0) is 6.18 Å². The first kappa shape index (κ1) is 17.1. The molecule has 0 fully saturated rings. The van der Waals surface area contributed by atoms with Gasteiger partial charge in [-0.2, -0.15) is 13.2 Å². The van der Waals surface area contributed by atoms with Crippen LogP contribution in [0.3, 0.4) is 0 Å². The molecule has 0 atom stereocenters. The topological polar surface area (TPSA) is 41.1 Å². The quantitative estimate of drug-likeness (QED) is 0.697. The fourth-order valence-electron chi connectivity index (χ4n) is 1.83. The van der Waals surface area contributed by atoms with Crippen LogP contribution in [0, 0.1) is 12.7 Å². The van der Waals surface area contributed by atoms with E-state index in [-0.39, 0.29) is 11.4 Å². The van der Waals surface area contributed by atoms with Gasteiger partial charge in [0.15, 0.2) is 0 Å². The zero-order valence-electron chi connectivity index (χ0n) is 11.8. The van der Waals surface area contributed by atoms with Crippen molar-refractivity contribution in [3.63, 3.8) is 0 Å². The average molecular weight is 347 g/mol. The maximum atomic E-state index is 13.6. The first-order valence-electron chi connectivity index (χ1n) is 6.38. The van der Waals surface area contributed by atoms with E-state index < -0.39 is 28.6 Å². The maximum Gasteiger partial charge on any atom is 0.417 e. The number of hydrogen-bond donors (Lipinski definition) is 2. The fourth-order valence-corrected chi connectivity index (χ4v) is 2.05. The highest BCUT2D eigenvalue weighted by Gasteiger charge is 2.33. The van der Waals surface area contributed by atoms with E-state index in [2.05, 4.69) is 10.6 Å². The average Bonchev–Trinajstić information content (AvgIpc) is 2.43. The first-order chi connectivity index (χ1) is 10.7. The summed E-state index contributed by atoms with van der Waals surface area (Å²) in [6, 6.07) is 6.22. The number of aryl methyl sites for hydroxylation is 1. The molecule has 0 bridgehead atoms. The fraction of sp³-hybridized carbons (Fsp3) is 0.133. The predicted molar refractivity (Wildman–Crippen MR) is 80.2 cm³/mol. The van der Waals surface area contributed by atoms with E-state index in [9.17, 15) is 22.4 Å². The molecule has 0 aliphatic carbocycles. The highest BCUT2D eigenvalue weighted by atomic mass is 35.5. The lowest BCUT2D eigenvalue weighted by atomic mass is 10.2. The molecule has 2 aromatic carbocycles. The molecule has 3 nitrogen and oxygen atoms in total. The summed E-state index contributed by atoms with van der Waals surface area (Å²) in [7, 11) is 0. The van der Waals surface area contributed by atoms with Gasteiger partial charge >= 0.3 is 12.2 Å². The molecule has 2 aromatic rings. The third kappa shape index (κ3) is 4.35. The summed E-state index contributed by atoms with van der Waals surface area (Å²) in [5, 5.41) is 3.94. The predicted octanol–water partition coefficient (Wildman–Crippen LogP) is 5.45. The number of amides is 2. The van der Waals surface area contributed by atoms with Crippen LogP contribution in [-0.4, -0.2) is 6.03 Å². The number of halogens is 5. The van der Waals surface area contributed by atoms with Crippen LogP contribution in [0.5, 0.6) is 0 Å². The number of nitrogens with one attached hydrogen (secondary N) is 2. The molecule has 0 aliphatic heterocycles. The summed E-state index contributed by atoms with van der Waals surface area (Å²) in [6.07, 6.45) is -4.64. The van der Waals surface area contributed by atoms with E-state index in [0.717, 1.165) is 6.07 Å². The normalized spacial score (nSPS) is 11.2. The Morgan fingerprint density at radius 2 is 1.78 bits per heavy atom. The summed E-state index contributed by atoms with van der Waals surface area (Å²) in [5.41, 5.74) is -0.607. The molecule has 2 amide bonds. The van der Waals surface area contributed by atoms with E-state index in [1.807, 2.05) is 0 Å². The molecule has 0 unspecified atom stereocenters. The molecule has 0 radical (unpaired) electrons. The molecule has 8 heteroatoms. The number of hydrogen-bond acceptors (Lipinski definition) is 1. The van der Waals surface area contributed by atoms with Crippen molar-refractivity contribution in [1.29, 1.82) is 0 Å². The van der Waals surface area contributed by atoms with E-state index >= 15 is 0 Å². The molecule has 0 saturated heterocycles. The Labute approximate surface area is 134 Å². The Hall–Kier alpha value is -2.28. The van der Waals surface area contributed by atoms with E-state index in [1.54, 1.807) is 13.0 Å². The zero-order chi connectivity index (χ0) is 17.2. The first-order valence-corrected chi connectivity index (χ1v) is 6.75. The van der Waals surface area contributed by atoms with Crippen molar-refractivity contribution in [2.24, 2.45) is 0 Å². The van der Waals surface area contributed by atoms with Crippen LogP contribution in [0.1, 0.15) is 11.1 Å². The molecular weight excluding hydrogens is 336 g/mol. The van der Waals surface area contributed by atoms with Gasteiger partial charge in [-0.1, -0.05) is 17.7 Å². The number of alkyl halides is 3. The van der Waals surface area contributed by atoms with Crippen LogP contribution < -0.4 is 10.6 Å². The van der Waals surface area contributed by atoms with Crippen LogP contribution in [0.25, 0.3) is 0 Å². The number of benzene rings is 2. The summed E-state index contributed by atoms with van der Waals surface area (Å²) in [6.45, 7) is 1.68. The van der Waals surface area contributed by atoms with Crippen molar-refractivity contribution in [2.45, 2.75) is 13.1 Å². The van der Waals surface area contributed by atoms with Gasteiger partial charge in [0.2, 0.25) is 0 Å². The summed E-state index contributed by atoms with van der Waals surface area (Å²) in [5.74, 6) is -0.646. The molecule has 0 heterocycles. The standard InChI is InChI=1S/C15H11ClF4N2O/c1-8-2-5-13(12(17)6-8)22-14(23)21-9-3-4-11(16)10(7-9)15(18,19)20/h2-7H,1H3,(H2,21,22,23). The minimum absolute atomic E-state index is 0.0851. The molecule has 0 aliphatic rings. The van der Waals surface area contributed by atoms with Crippen molar-refractivity contribution >= 4 is 29.0 Å². The molecule has 23 heavy (non-hydrogen) atoms. The highest BCUT2D eigenvalue weighted by Crippen LogP contribution is 2.36. The van der Waals surface area contributed by atoms with Crippen molar-refractivity contribution in [1.82, 2.24) is 0 Å². The summed E-state index contributed by atoms with van der Waals surface area (Å²) in [4.78, 5) is 11.8. The molecule has 2 N–H and O–H groups in total. The van der Waals surface area contributed by atoms with Crippen molar-refractivity contribution in [3.8, 4) is 0 Å². The molecule has 0 saturated carbocycles. The van der Waals surface area contributed by atoms with Gasteiger partial charge in [0.25, 0.3) is 0 Å². The SMILES string of the molecule is Cc1ccc(NC(=O)Nc2ccc(Cl)c(C(F)(F)F)c2)c(F)c1. The van der Waals surface area contributed by atoms with Gasteiger partial charge in [-0.15, -0.1) is 0 Å². The Morgan fingerprint density at radius 3 is 2.39 bits per heavy atom. The van der Waals surface area contributed by atoms with Gasteiger partial charge in [-0.25, -0.2) is 9.18 Å². The molecule has 122 valence electrons. The maximum absolute atomic E-state index is 13.6. The van der Waals surface area contributed by atoms with Crippen LogP contribution in [0.2, 0.25) is 5.02 Å². The Bertz CT molecular complexity index is 747. The number of anilines is 2. The second-order valence-electron chi connectivity index (χ2n) is 4.75. The van der Waals surface area contributed by atoms with Gasteiger partial charge in [-0.05, 0) is 42.8 Å². The number of carbonyl (C=O) groups is 1. The lowest BCUT2D eigenvalue weighted by Gasteiger charge is -2.12. The smallest absolute Gasteiger partial charge is 0.308 e. The van der Waals surface area contributed by atoms with Gasteiger partial charge in [0.1, 0.15) is 5.82 Å². The van der Waals surface area contributed by atoms with Gasteiger partial charge in [-0.3, -0.25) is 0 Å². The zero-order valence-corrected chi connectivity index (χ0v) is 12.5. The third-order valence-corrected chi connectivity index (χ3v) is 3.23. The van der Waals surface area contributed by atoms with Crippen LogP contribution in [0.4, 0.5) is 33.7 Å². The van der Waals surface area contributed by atoms with E-state index in [1.165, 1.54) is 18.2 Å².